The van der Waals surface area contributed by atoms with Crippen LogP contribution in [0, 0.1) is 0 Å². The van der Waals surface area contributed by atoms with Gasteiger partial charge in [-0.2, -0.15) is 0 Å². The van der Waals surface area contributed by atoms with Crippen molar-refractivity contribution in [2.24, 2.45) is 0 Å². The molecule has 0 aromatic heterocycles. The summed E-state index contributed by atoms with van der Waals surface area (Å²) in [6.07, 6.45) is 2.43. The molecule has 0 bridgehead atoms. The second kappa shape index (κ2) is 6.69. The first-order valence-corrected chi connectivity index (χ1v) is 6.21. The quantitative estimate of drug-likeness (QED) is 0.821. The van der Waals surface area contributed by atoms with E-state index in [2.05, 4.69) is 11.9 Å². The highest BCUT2D eigenvalue weighted by atomic mass is 35.5. The number of ether oxygens (including phenoxy) is 1. The zero-order chi connectivity index (χ0) is 11.5. The Kier molecular flexibility index (Phi) is 5.87. The van der Waals surface area contributed by atoms with Gasteiger partial charge < -0.3 is 9.64 Å². The molecule has 2 nitrogen and oxygen atoms in total. The number of likely N-dealkylation sites (tertiary alicyclic amines) is 1. The smallest absolute Gasteiger partial charge is 0.121 e. The standard InChI is InChI=1S/C12H15Cl2NO.ClH/c1-15-6-4-9(5-7-15)16-10-2-3-11(13)12(14)8-10;/h2-3,8-9H,4-7H2,1H3;1H. The molecule has 1 aliphatic heterocycles. The molecule has 0 saturated carbocycles. The first kappa shape index (κ1) is 14.9. The topological polar surface area (TPSA) is 12.5 Å². The van der Waals surface area contributed by atoms with Gasteiger partial charge in [-0.3, -0.25) is 0 Å². The highest BCUT2D eigenvalue weighted by molar-refractivity contribution is 6.42. The summed E-state index contributed by atoms with van der Waals surface area (Å²) in [5.41, 5.74) is 0. The van der Waals surface area contributed by atoms with Crippen LogP contribution < -0.4 is 4.74 Å². The number of piperidine rings is 1. The number of hydrogen-bond acceptors (Lipinski definition) is 2. The van der Waals surface area contributed by atoms with E-state index in [-0.39, 0.29) is 12.4 Å². The molecular formula is C12H16Cl3NO. The van der Waals surface area contributed by atoms with Gasteiger partial charge in [0.15, 0.2) is 0 Å². The summed E-state index contributed by atoms with van der Waals surface area (Å²) in [5.74, 6) is 0.809. The maximum Gasteiger partial charge on any atom is 0.121 e. The van der Waals surface area contributed by atoms with Crippen molar-refractivity contribution in [3.8, 4) is 5.75 Å². The van der Waals surface area contributed by atoms with Crippen LogP contribution in [0.4, 0.5) is 0 Å². The van der Waals surface area contributed by atoms with Gasteiger partial charge in [0.1, 0.15) is 11.9 Å². The minimum absolute atomic E-state index is 0. The van der Waals surface area contributed by atoms with Crippen molar-refractivity contribution in [2.45, 2.75) is 18.9 Å². The predicted molar refractivity (Wildman–Crippen MR) is 74.9 cm³/mol. The lowest BCUT2D eigenvalue weighted by Gasteiger charge is -2.29. The minimum Gasteiger partial charge on any atom is -0.490 e. The number of nitrogens with zero attached hydrogens (tertiary/aromatic N) is 1. The number of benzene rings is 1. The molecule has 1 aliphatic rings. The zero-order valence-electron chi connectivity index (χ0n) is 9.66. The average Bonchev–Trinajstić information content (AvgIpc) is 2.27. The van der Waals surface area contributed by atoms with E-state index in [0.717, 1.165) is 31.7 Å². The van der Waals surface area contributed by atoms with Crippen molar-refractivity contribution in [1.29, 1.82) is 0 Å². The molecule has 0 unspecified atom stereocenters. The second-order valence-corrected chi connectivity index (χ2v) is 5.01. The Balaban J connectivity index is 0.00000144. The Labute approximate surface area is 118 Å². The number of halogens is 3. The highest BCUT2D eigenvalue weighted by Crippen LogP contribution is 2.27. The Hall–Kier alpha value is -0.150. The van der Waals surface area contributed by atoms with E-state index in [0.29, 0.717) is 16.1 Å². The maximum absolute atomic E-state index is 5.93. The first-order valence-electron chi connectivity index (χ1n) is 5.45. The van der Waals surface area contributed by atoms with Gasteiger partial charge in [-0.1, -0.05) is 23.2 Å². The van der Waals surface area contributed by atoms with Crippen molar-refractivity contribution in [2.75, 3.05) is 20.1 Å². The van der Waals surface area contributed by atoms with Gasteiger partial charge in [0, 0.05) is 19.2 Å². The monoisotopic (exact) mass is 295 g/mol. The van der Waals surface area contributed by atoms with Crippen molar-refractivity contribution in [1.82, 2.24) is 4.90 Å². The van der Waals surface area contributed by atoms with Gasteiger partial charge in [0.2, 0.25) is 0 Å². The summed E-state index contributed by atoms with van der Waals surface area (Å²) in [6, 6.07) is 5.42. The van der Waals surface area contributed by atoms with E-state index < -0.39 is 0 Å². The fourth-order valence-electron chi connectivity index (χ4n) is 1.85. The predicted octanol–water partition coefficient (Wildman–Crippen LogP) is 3.89. The Morgan fingerprint density at radius 2 is 1.82 bits per heavy atom. The molecule has 0 spiro atoms. The Bertz CT molecular complexity index is 365. The lowest BCUT2D eigenvalue weighted by Crippen LogP contribution is -2.35. The minimum atomic E-state index is 0. The molecule has 0 aliphatic carbocycles. The molecule has 0 atom stereocenters. The summed E-state index contributed by atoms with van der Waals surface area (Å²) < 4.78 is 5.87. The van der Waals surface area contributed by atoms with Crippen LogP contribution in [0.15, 0.2) is 18.2 Å². The fourth-order valence-corrected chi connectivity index (χ4v) is 2.13. The lowest BCUT2D eigenvalue weighted by molar-refractivity contribution is 0.114. The number of hydrogen-bond donors (Lipinski definition) is 0. The average molecular weight is 297 g/mol. The third-order valence-electron chi connectivity index (χ3n) is 2.86. The lowest BCUT2D eigenvalue weighted by atomic mass is 10.1. The summed E-state index contributed by atoms with van der Waals surface area (Å²) in [7, 11) is 2.13. The molecule has 0 radical (unpaired) electrons. The molecule has 1 heterocycles. The van der Waals surface area contributed by atoms with Crippen LogP contribution in [0.2, 0.25) is 10.0 Å². The van der Waals surface area contributed by atoms with Gasteiger partial charge in [0.25, 0.3) is 0 Å². The van der Waals surface area contributed by atoms with Crippen molar-refractivity contribution >= 4 is 35.6 Å². The SMILES string of the molecule is CN1CCC(Oc2ccc(Cl)c(Cl)c2)CC1.Cl. The van der Waals surface area contributed by atoms with Crippen LogP contribution in [0.5, 0.6) is 5.75 Å². The molecule has 2 rings (SSSR count). The first-order chi connectivity index (χ1) is 7.65. The maximum atomic E-state index is 5.93. The van der Waals surface area contributed by atoms with E-state index >= 15 is 0 Å². The highest BCUT2D eigenvalue weighted by Gasteiger charge is 2.18. The normalized spacial score (nSPS) is 17.6. The van der Waals surface area contributed by atoms with E-state index in [4.69, 9.17) is 27.9 Å². The second-order valence-electron chi connectivity index (χ2n) is 4.20. The molecule has 96 valence electrons. The van der Waals surface area contributed by atoms with Crippen LogP contribution in [0.1, 0.15) is 12.8 Å². The Morgan fingerprint density at radius 3 is 2.41 bits per heavy atom. The van der Waals surface area contributed by atoms with Crippen molar-refractivity contribution < 1.29 is 4.74 Å². The summed E-state index contributed by atoms with van der Waals surface area (Å²) >= 11 is 11.8. The van der Waals surface area contributed by atoms with Gasteiger partial charge in [-0.15, -0.1) is 12.4 Å². The van der Waals surface area contributed by atoms with Gasteiger partial charge in [0.05, 0.1) is 10.0 Å². The molecule has 5 heteroatoms. The van der Waals surface area contributed by atoms with Crippen molar-refractivity contribution in [3.63, 3.8) is 0 Å². The van der Waals surface area contributed by atoms with Gasteiger partial charge >= 0.3 is 0 Å². The summed E-state index contributed by atoms with van der Waals surface area (Å²) in [5, 5.41) is 1.12. The van der Waals surface area contributed by atoms with E-state index in [1.54, 1.807) is 12.1 Å². The largest absolute Gasteiger partial charge is 0.490 e. The van der Waals surface area contributed by atoms with E-state index in [9.17, 15) is 0 Å². The van der Waals surface area contributed by atoms with Crippen LogP contribution in [-0.4, -0.2) is 31.1 Å². The van der Waals surface area contributed by atoms with E-state index in [1.807, 2.05) is 6.07 Å². The third-order valence-corrected chi connectivity index (χ3v) is 3.60. The molecule has 1 aromatic rings. The van der Waals surface area contributed by atoms with Crippen LogP contribution >= 0.6 is 35.6 Å². The van der Waals surface area contributed by atoms with Crippen LogP contribution in [0.25, 0.3) is 0 Å². The van der Waals surface area contributed by atoms with Crippen LogP contribution in [-0.2, 0) is 0 Å². The summed E-state index contributed by atoms with van der Waals surface area (Å²) in [4.78, 5) is 2.31. The molecule has 17 heavy (non-hydrogen) atoms. The fraction of sp³-hybridized carbons (Fsp3) is 0.500. The third kappa shape index (κ3) is 4.22. The molecule has 0 N–H and O–H groups in total. The van der Waals surface area contributed by atoms with Crippen molar-refractivity contribution in [3.05, 3.63) is 28.2 Å². The molecule has 1 aromatic carbocycles. The zero-order valence-corrected chi connectivity index (χ0v) is 12.0. The van der Waals surface area contributed by atoms with Gasteiger partial charge in [-0.25, -0.2) is 0 Å². The van der Waals surface area contributed by atoms with E-state index in [1.165, 1.54) is 0 Å². The molecule has 0 amide bonds. The molecule has 1 fully saturated rings. The molecule has 1 saturated heterocycles. The molecular weight excluding hydrogens is 280 g/mol. The van der Waals surface area contributed by atoms with Gasteiger partial charge in [-0.05, 0) is 32.0 Å². The Morgan fingerprint density at radius 1 is 1.18 bits per heavy atom. The van der Waals surface area contributed by atoms with Crippen LogP contribution in [0.3, 0.4) is 0 Å². The summed E-state index contributed by atoms with van der Waals surface area (Å²) in [6.45, 7) is 2.18. The number of rotatable bonds is 2.